The van der Waals surface area contributed by atoms with E-state index >= 15 is 0 Å². The number of carbonyl (C=O) groups is 1. The Labute approximate surface area is 112 Å². The third kappa shape index (κ3) is 3.98. The molecule has 1 aromatic heterocycles. The second kappa shape index (κ2) is 6.60. The lowest BCUT2D eigenvalue weighted by Crippen LogP contribution is -2.44. The van der Waals surface area contributed by atoms with Gasteiger partial charge >= 0.3 is 0 Å². The van der Waals surface area contributed by atoms with Crippen molar-refractivity contribution in [3.63, 3.8) is 0 Å². The van der Waals surface area contributed by atoms with E-state index in [0.717, 1.165) is 0 Å². The highest BCUT2D eigenvalue weighted by atomic mass is 32.2. The predicted octanol–water partition coefficient (Wildman–Crippen LogP) is -0.657. The highest BCUT2D eigenvalue weighted by molar-refractivity contribution is 7.89. The van der Waals surface area contributed by atoms with Gasteiger partial charge in [0, 0.05) is 19.3 Å². The summed E-state index contributed by atoms with van der Waals surface area (Å²) >= 11 is 0. The number of hydrogen-bond donors (Lipinski definition) is 3. The van der Waals surface area contributed by atoms with E-state index in [1.54, 1.807) is 6.92 Å². The van der Waals surface area contributed by atoms with Crippen molar-refractivity contribution >= 4 is 15.9 Å². The maximum absolute atomic E-state index is 12.1. The standard InChI is InChI=1S/C11H18N4O3S/c1-3-13-11(16)8(2)15-19(17,18)10-5-4-6-14-9(10)7-12/h4-6,8,15H,3,7,12H2,1-2H3,(H,13,16). The van der Waals surface area contributed by atoms with Crippen LogP contribution in [0.1, 0.15) is 19.5 Å². The number of carbonyl (C=O) groups excluding carboxylic acids is 1. The lowest BCUT2D eigenvalue weighted by Gasteiger charge is -2.14. The van der Waals surface area contributed by atoms with E-state index in [9.17, 15) is 13.2 Å². The third-order valence-corrected chi connectivity index (χ3v) is 4.02. The summed E-state index contributed by atoms with van der Waals surface area (Å²) in [5.41, 5.74) is 5.71. The molecule has 0 bridgehead atoms. The van der Waals surface area contributed by atoms with Crippen LogP contribution in [0.2, 0.25) is 0 Å². The second-order valence-corrected chi connectivity index (χ2v) is 5.57. The van der Waals surface area contributed by atoms with Crippen LogP contribution in [0.15, 0.2) is 23.2 Å². The van der Waals surface area contributed by atoms with Gasteiger partial charge in [-0.25, -0.2) is 8.42 Å². The summed E-state index contributed by atoms with van der Waals surface area (Å²) in [6.07, 6.45) is 1.47. The number of likely N-dealkylation sites (N-methyl/N-ethyl adjacent to an activating group) is 1. The van der Waals surface area contributed by atoms with E-state index in [1.807, 2.05) is 0 Å². The Bertz CT molecular complexity index is 545. The molecule has 8 heteroatoms. The number of nitrogens with two attached hydrogens (primary N) is 1. The van der Waals surface area contributed by atoms with Crippen LogP contribution in [0.5, 0.6) is 0 Å². The quantitative estimate of drug-likeness (QED) is 0.642. The van der Waals surface area contributed by atoms with Crippen molar-refractivity contribution < 1.29 is 13.2 Å². The van der Waals surface area contributed by atoms with E-state index in [2.05, 4.69) is 15.0 Å². The monoisotopic (exact) mass is 286 g/mol. The van der Waals surface area contributed by atoms with Gasteiger partial charge in [-0.1, -0.05) is 0 Å². The summed E-state index contributed by atoms with van der Waals surface area (Å²) in [6, 6.07) is 2.04. The Kier molecular flexibility index (Phi) is 5.40. The van der Waals surface area contributed by atoms with E-state index < -0.39 is 16.1 Å². The lowest BCUT2D eigenvalue weighted by atomic mass is 10.3. The van der Waals surface area contributed by atoms with Crippen molar-refractivity contribution in [1.82, 2.24) is 15.0 Å². The van der Waals surface area contributed by atoms with Gasteiger partial charge in [-0.3, -0.25) is 9.78 Å². The van der Waals surface area contributed by atoms with E-state index in [0.29, 0.717) is 6.54 Å². The predicted molar refractivity (Wildman–Crippen MR) is 70.6 cm³/mol. The average molecular weight is 286 g/mol. The Morgan fingerprint density at radius 2 is 2.21 bits per heavy atom. The van der Waals surface area contributed by atoms with Crippen LogP contribution >= 0.6 is 0 Å². The number of aromatic nitrogens is 1. The van der Waals surface area contributed by atoms with Gasteiger partial charge in [0.1, 0.15) is 4.90 Å². The summed E-state index contributed by atoms with van der Waals surface area (Å²) < 4.78 is 26.6. The number of nitrogens with zero attached hydrogens (tertiary/aromatic N) is 1. The fourth-order valence-corrected chi connectivity index (χ4v) is 2.90. The van der Waals surface area contributed by atoms with Crippen LogP contribution in [0, 0.1) is 0 Å². The number of rotatable bonds is 6. The first kappa shape index (κ1) is 15.5. The minimum atomic E-state index is -3.82. The van der Waals surface area contributed by atoms with Crippen molar-refractivity contribution in [1.29, 1.82) is 0 Å². The Morgan fingerprint density at radius 1 is 1.53 bits per heavy atom. The van der Waals surface area contributed by atoms with Gasteiger partial charge in [0.25, 0.3) is 0 Å². The van der Waals surface area contributed by atoms with Crippen molar-refractivity contribution in [3.05, 3.63) is 24.0 Å². The molecule has 0 aliphatic heterocycles. The zero-order valence-electron chi connectivity index (χ0n) is 10.9. The molecule has 0 saturated carbocycles. The van der Waals surface area contributed by atoms with Gasteiger partial charge in [-0.2, -0.15) is 4.72 Å². The molecule has 4 N–H and O–H groups in total. The normalized spacial score (nSPS) is 13.0. The molecular formula is C11H18N4O3S. The molecule has 106 valence electrons. The molecule has 0 saturated heterocycles. The van der Waals surface area contributed by atoms with E-state index in [1.165, 1.54) is 25.3 Å². The summed E-state index contributed by atoms with van der Waals surface area (Å²) in [7, 11) is -3.82. The fraction of sp³-hybridized carbons (Fsp3) is 0.455. The van der Waals surface area contributed by atoms with Gasteiger partial charge in [-0.05, 0) is 26.0 Å². The van der Waals surface area contributed by atoms with Crippen molar-refractivity contribution in [3.8, 4) is 0 Å². The third-order valence-electron chi connectivity index (χ3n) is 2.41. The minimum Gasteiger partial charge on any atom is -0.355 e. The van der Waals surface area contributed by atoms with Crippen molar-refractivity contribution in [2.75, 3.05) is 6.54 Å². The number of amides is 1. The molecule has 0 aromatic carbocycles. The molecule has 1 rings (SSSR count). The summed E-state index contributed by atoms with van der Waals surface area (Å²) in [6.45, 7) is 3.67. The zero-order chi connectivity index (χ0) is 14.5. The molecule has 1 atom stereocenters. The molecule has 0 aliphatic carbocycles. The molecule has 7 nitrogen and oxygen atoms in total. The number of pyridine rings is 1. The van der Waals surface area contributed by atoms with Gasteiger partial charge < -0.3 is 11.1 Å². The van der Waals surface area contributed by atoms with E-state index in [-0.39, 0.29) is 23.0 Å². The molecule has 1 amide bonds. The smallest absolute Gasteiger partial charge is 0.243 e. The molecule has 1 heterocycles. The average Bonchev–Trinajstić information content (AvgIpc) is 2.38. The summed E-state index contributed by atoms with van der Waals surface area (Å²) in [4.78, 5) is 15.4. The number of sulfonamides is 1. The van der Waals surface area contributed by atoms with Crippen LogP contribution in [0.4, 0.5) is 0 Å². The van der Waals surface area contributed by atoms with Gasteiger partial charge in [-0.15, -0.1) is 0 Å². The molecule has 0 radical (unpaired) electrons. The van der Waals surface area contributed by atoms with Crippen LogP contribution in [0.3, 0.4) is 0 Å². The molecular weight excluding hydrogens is 268 g/mol. The molecule has 0 spiro atoms. The number of hydrogen-bond acceptors (Lipinski definition) is 5. The van der Waals surface area contributed by atoms with Crippen LogP contribution in [-0.4, -0.2) is 31.9 Å². The van der Waals surface area contributed by atoms with Gasteiger partial charge in [0.15, 0.2) is 0 Å². The number of nitrogens with one attached hydrogen (secondary N) is 2. The van der Waals surface area contributed by atoms with Crippen molar-refractivity contribution in [2.24, 2.45) is 5.73 Å². The highest BCUT2D eigenvalue weighted by Crippen LogP contribution is 2.12. The maximum Gasteiger partial charge on any atom is 0.243 e. The van der Waals surface area contributed by atoms with Crippen molar-refractivity contribution in [2.45, 2.75) is 31.3 Å². The molecule has 1 aromatic rings. The molecule has 0 fully saturated rings. The van der Waals surface area contributed by atoms with Crippen LogP contribution < -0.4 is 15.8 Å². The summed E-state index contributed by atoms with van der Waals surface area (Å²) in [5.74, 6) is -0.385. The van der Waals surface area contributed by atoms with Gasteiger partial charge in [0.05, 0.1) is 11.7 Å². The molecule has 0 aliphatic rings. The first-order chi connectivity index (χ1) is 8.92. The fourth-order valence-electron chi connectivity index (χ4n) is 1.50. The van der Waals surface area contributed by atoms with Crippen LogP contribution in [-0.2, 0) is 21.4 Å². The SMILES string of the molecule is CCNC(=O)C(C)NS(=O)(=O)c1cccnc1CN. The Morgan fingerprint density at radius 3 is 2.79 bits per heavy atom. The zero-order valence-corrected chi connectivity index (χ0v) is 11.7. The lowest BCUT2D eigenvalue weighted by molar-refractivity contribution is -0.122. The second-order valence-electron chi connectivity index (χ2n) is 3.89. The maximum atomic E-state index is 12.1. The Balaban J connectivity index is 2.96. The van der Waals surface area contributed by atoms with Crippen LogP contribution in [0.25, 0.3) is 0 Å². The van der Waals surface area contributed by atoms with E-state index in [4.69, 9.17) is 5.73 Å². The first-order valence-corrected chi connectivity index (χ1v) is 7.34. The summed E-state index contributed by atoms with van der Waals surface area (Å²) in [5, 5.41) is 2.54. The highest BCUT2D eigenvalue weighted by Gasteiger charge is 2.23. The first-order valence-electron chi connectivity index (χ1n) is 5.86. The largest absolute Gasteiger partial charge is 0.355 e. The minimum absolute atomic E-state index is 0.00588. The van der Waals surface area contributed by atoms with Gasteiger partial charge in [0.2, 0.25) is 15.9 Å². The molecule has 1 unspecified atom stereocenters. The Hall–Kier alpha value is -1.51. The topological polar surface area (TPSA) is 114 Å². The molecule has 19 heavy (non-hydrogen) atoms.